The Morgan fingerprint density at radius 3 is 2.13 bits per heavy atom. The lowest BCUT2D eigenvalue weighted by Gasteiger charge is -2.12. The van der Waals surface area contributed by atoms with Crippen molar-refractivity contribution in [3.05, 3.63) is 24.3 Å². The molecule has 0 aliphatic carbocycles. The van der Waals surface area contributed by atoms with E-state index < -0.39 is 11.9 Å². The average molecular weight is 209 g/mol. The Hall–Kier alpha value is -2.04. The minimum absolute atomic E-state index is 0.216. The second kappa shape index (κ2) is 4.45. The van der Waals surface area contributed by atoms with Crippen LogP contribution in [0.15, 0.2) is 24.3 Å². The van der Waals surface area contributed by atoms with E-state index in [0.717, 1.165) is 5.69 Å². The van der Waals surface area contributed by atoms with Crippen LogP contribution in [0.4, 0.5) is 5.69 Å². The molecule has 0 fully saturated rings. The summed E-state index contributed by atoms with van der Waals surface area (Å²) in [7, 11) is 3.75. The summed E-state index contributed by atoms with van der Waals surface area (Å²) in [6, 6.07) is 6.53. The fourth-order valence-corrected chi connectivity index (χ4v) is 0.963. The van der Waals surface area contributed by atoms with Crippen molar-refractivity contribution in [2.75, 3.05) is 19.0 Å². The van der Waals surface area contributed by atoms with Crippen molar-refractivity contribution in [1.29, 1.82) is 0 Å². The highest BCUT2D eigenvalue weighted by atomic mass is 16.6. The molecule has 1 aromatic rings. The quantitative estimate of drug-likeness (QED) is 0.442. The number of rotatable bonds is 2. The second-order valence-electron chi connectivity index (χ2n) is 3.08. The zero-order valence-corrected chi connectivity index (χ0v) is 8.43. The molecule has 1 N–H and O–H groups in total. The number of esters is 1. The van der Waals surface area contributed by atoms with Crippen LogP contribution >= 0.6 is 0 Å². The molecule has 80 valence electrons. The van der Waals surface area contributed by atoms with E-state index in [1.165, 1.54) is 12.1 Å². The number of ether oxygens (including phenoxy) is 1. The van der Waals surface area contributed by atoms with E-state index in [-0.39, 0.29) is 5.75 Å². The molecule has 0 saturated heterocycles. The van der Waals surface area contributed by atoms with E-state index in [1.807, 2.05) is 19.0 Å². The number of carboxylic acid groups (broad SMARTS) is 1. The number of nitrogens with zero attached hydrogens (tertiary/aromatic N) is 1. The highest BCUT2D eigenvalue weighted by molar-refractivity contribution is 6.29. The van der Waals surface area contributed by atoms with Gasteiger partial charge in [-0.1, -0.05) is 0 Å². The topological polar surface area (TPSA) is 66.8 Å². The van der Waals surface area contributed by atoms with Gasteiger partial charge >= 0.3 is 11.9 Å². The van der Waals surface area contributed by atoms with Gasteiger partial charge in [0.1, 0.15) is 5.75 Å². The first-order valence-corrected chi connectivity index (χ1v) is 4.23. The van der Waals surface area contributed by atoms with Gasteiger partial charge in [-0.3, -0.25) is 0 Å². The lowest BCUT2D eigenvalue weighted by atomic mass is 10.3. The molecule has 0 spiro atoms. The highest BCUT2D eigenvalue weighted by Gasteiger charge is 2.13. The molecule has 0 aromatic heterocycles. The summed E-state index contributed by atoms with van der Waals surface area (Å²) in [5.41, 5.74) is 0.935. The van der Waals surface area contributed by atoms with Crippen molar-refractivity contribution in [3.8, 4) is 5.75 Å². The minimum atomic E-state index is -1.60. The summed E-state index contributed by atoms with van der Waals surface area (Å²) < 4.78 is 4.55. The Labute approximate surface area is 86.9 Å². The standard InChI is InChI=1S/C10H11NO4/c1-11(2)7-3-5-8(6-4-7)15-10(14)9(12)13/h3-6H,1-2H3,(H,12,13). The van der Waals surface area contributed by atoms with Crippen molar-refractivity contribution in [2.24, 2.45) is 0 Å². The van der Waals surface area contributed by atoms with Crippen molar-refractivity contribution in [1.82, 2.24) is 0 Å². The number of carbonyl (C=O) groups is 2. The van der Waals surface area contributed by atoms with Gasteiger partial charge in [0.25, 0.3) is 0 Å². The number of carbonyl (C=O) groups excluding carboxylic acids is 1. The molecule has 0 aliphatic heterocycles. The van der Waals surface area contributed by atoms with Gasteiger partial charge in [0.05, 0.1) is 0 Å². The Balaban J connectivity index is 2.73. The van der Waals surface area contributed by atoms with E-state index in [9.17, 15) is 9.59 Å². The lowest BCUT2D eigenvalue weighted by molar-refractivity contribution is -0.158. The summed E-state index contributed by atoms with van der Waals surface area (Å²) in [5.74, 6) is -2.67. The summed E-state index contributed by atoms with van der Waals surface area (Å²) in [6.45, 7) is 0. The van der Waals surface area contributed by atoms with Crippen molar-refractivity contribution >= 4 is 17.6 Å². The molecule has 0 amide bonds. The maximum atomic E-state index is 10.7. The number of anilines is 1. The van der Waals surface area contributed by atoms with Crippen LogP contribution in [-0.2, 0) is 9.59 Å². The van der Waals surface area contributed by atoms with Gasteiger partial charge in [0, 0.05) is 19.8 Å². The molecule has 0 saturated carbocycles. The van der Waals surface area contributed by atoms with Gasteiger partial charge in [-0.2, -0.15) is 0 Å². The molecule has 0 aliphatic rings. The molecule has 0 radical (unpaired) electrons. The number of benzene rings is 1. The maximum Gasteiger partial charge on any atom is 0.422 e. The van der Waals surface area contributed by atoms with Crippen molar-refractivity contribution < 1.29 is 19.4 Å². The first kappa shape index (κ1) is 11.0. The fraction of sp³-hybridized carbons (Fsp3) is 0.200. The van der Waals surface area contributed by atoms with Gasteiger partial charge in [-0.05, 0) is 24.3 Å². The van der Waals surface area contributed by atoms with Gasteiger partial charge < -0.3 is 14.7 Å². The van der Waals surface area contributed by atoms with Crippen LogP contribution in [0.3, 0.4) is 0 Å². The summed E-state index contributed by atoms with van der Waals surface area (Å²) in [6.07, 6.45) is 0. The summed E-state index contributed by atoms with van der Waals surface area (Å²) >= 11 is 0. The predicted octanol–water partition coefficient (Wildman–Crippen LogP) is 0.743. The third-order valence-electron chi connectivity index (χ3n) is 1.74. The maximum absolute atomic E-state index is 10.7. The number of aliphatic carboxylic acids is 1. The van der Waals surface area contributed by atoms with Gasteiger partial charge in [-0.25, -0.2) is 9.59 Å². The third kappa shape index (κ3) is 2.98. The lowest BCUT2D eigenvalue weighted by Crippen LogP contribution is -2.19. The Morgan fingerprint density at radius 2 is 1.73 bits per heavy atom. The Bertz CT molecular complexity index is 370. The molecular formula is C10H11NO4. The van der Waals surface area contributed by atoms with Gasteiger partial charge in [0.2, 0.25) is 0 Å². The normalized spacial score (nSPS) is 9.47. The van der Waals surface area contributed by atoms with Crippen LogP contribution in [-0.4, -0.2) is 31.1 Å². The largest absolute Gasteiger partial charge is 0.473 e. The first-order valence-electron chi connectivity index (χ1n) is 4.23. The number of carboxylic acids is 1. The van der Waals surface area contributed by atoms with Crippen LogP contribution in [0.25, 0.3) is 0 Å². The fourth-order valence-electron chi connectivity index (χ4n) is 0.963. The molecule has 5 nitrogen and oxygen atoms in total. The van der Waals surface area contributed by atoms with Crippen LogP contribution in [0.1, 0.15) is 0 Å². The number of hydrogen-bond acceptors (Lipinski definition) is 4. The van der Waals surface area contributed by atoms with Gasteiger partial charge in [0.15, 0.2) is 0 Å². The predicted molar refractivity (Wildman–Crippen MR) is 54.0 cm³/mol. The molecule has 15 heavy (non-hydrogen) atoms. The van der Waals surface area contributed by atoms with E-state index in [1.54, 1.807) is 12.1 Å². The minimum Gasteiger partial charge on any atom is -0.473 e. The molecular weight excluding hydrogens is 198 g/mol. The third-order valence-corrected chi connectivity index (χ3v) is 1.74. The molecule has 5 heteroatoms. The number of hydrogen-bond donors (Lipinski definition) is 1. The highest BCUT2D eigenvalue weighted by Crippen LogP contribution is 2.17. The first-order chi connectivity index (χ1) is 7.00. The molecule has 1 rings (SSSR count). The van der Waals surface area contributed by atoms with Gasteiger partial charge in [-0.15, -0.1) is 0 Å². The molecule has 0 atom stereocenters. The van der Waals surface area contributed by atoms with Crippen molar-refractivity contribution in [2.45, 2.75) is 0 Å². The SMILES string of the molecule is CN(C)c1ccc(OC(=O)C(=O)O)cc1. The Kier molecular flexibility index (Phi) is 3.28. The van der Waals surface area contributed by atoms with E-state index in [2.05, 4.69) is 4.74 Å². The molecule has 1 aromatic carbocycles. The molecule has 0 heterocycles. The zero-order valence-electron chi connectivity index (χ0n) is 8.43. The van der Waals surface area contributed by atoms with Crippen LogP contribution in [0.2, 0.25) is 0 Å². The van der Waals surface area contributed by atoms with Crippen LogP contribution < -0.4 is 9.64 Å². The Morgan fingerprint density at radius 1 is 1.20 bits per heavy atom. The van der Waals surface area contributed by atoms with Crippen molar-refractivity contribution in [3.63, 3.8) is 0 Å². The monoisotopic (exact) mass is 209 g/mol. The zero-order chi connectivity index (χ0) is 11.4. The molecule has 0 unspecified atom stereocenters. The van der Waals surface area contributed by atoms with Crippen LogP contribution in [0.5, 0.6) is 5.75 Å². The van der Waals surface area contributed by atoms with E-state index >= 15 is 0 Å². The second-order valence-corrected chi connectivity index (χ2v) is 3.08. The smallest absolute Gasteiger partial charge is 0.422 e. The molecule has 0 bridgehead atoms. The average Bonchev–Trinajstić information content (AvgIpc) is 2.18. The summed E-state index contributed by atoms with van der Waals surface area (Å²) in [4.78, 5) is 22.8. The van der Waals surface area contributed by atoms with E-state index in [0.29, 0.717) is 0 Å². The van der Waals surface area contributed by atoms with E-state index in [4.69, 9.17) is 5.11 Å². The summed E-state index contributed by atoms with van der Waals surface area (Å²) in [5, 5.41) is 8.30. The van der Waals surface area contributed by atoms with Crippen LogP contribution in [0, 0.1) is 0 Å².